The van der Waals surface area contributed by atoms with E-state index >= 15 is 0 Å². The van der Waals surface area contributed by atoms with Crippen molar-refractivity contribution in [2.24, 2.45) is 0 Å². The third-order valence-electron chi connectivity index (χ3n) is 2.96. The predicted octanol–water partition coefficient (Wildman–Crippen LogP) is 4.39. The summed E-state index contributed by atoms with van der Waals surface area (Å²) < 4.78 is 6.21. The monoisotopic (exact) mass is 370 g/mol. The van der Waals surface area contributed by atoms with Crippen molar-refractivity contribution in [2.45, 2.75) is 6.92 Å². The molecule has 2 aromatic carbocycles. The number of carbonyl (C=O) groups excluding carboxylic acids is 1. The smallest absolute Gasteiger partial charge is 0.266 e. The van der Waals surface area contributed by atoms with Gasteiger partial charge in [0.25, 0.3) is 5.91 Å². The number of hydrogen-bond acceptors (Lipinski definition) is 3. The van der Waals surface area contributed by atoms with Crippen molar-refractivity contribution in [3.05, 3.63) is 64.1 Å². The molecule has 1 N–H and O–H groups in total. The molecule has 5 heteroatoms. The summed E-state index contributed by atoms with van der Waals surface area (Å²) in [6.45, 7) is 2.47. The second kappa shape index (κ2) is 8.16. The number of halogens is 1. The number of nitrogens with one attached hydrogen (secondary N) is 1. The van der Waals surface area contributed by atoms with Crippen molar-refractivity contribution in [1.82, 2.24) is 0 Å². The van der Waals surface area contributed by atoms with Crippen LogP contribution in [0.4, 0.5) is 5.69 Å². The van der Waals surface area contributed by atoms with E-state index in [1.807, 2.05) is 31.2 Å². The summed E-state index contributed by atoms with van der Waals surface area (Å²) in [6.07, 6.45) is 1.54. The Hall–Kier alpha value is -2.58. The summed E-state index contributed by atoms with van der Waals surface area (Å²) in [6, 6.07) is 16.3. The first-order valence-corrected chi connectivity index (χ1v) is 7.84. The standard InChI is InChI=1S/C18H15BrN2O2/c1-2-23-17-9-8-13(11-16(17)19)10-14(12-20)18(22)21-15-6-4-3-5-7-15/h3-11H,2H2,1H3,(H,21,22)/b14-10-. The van der Waals surface area contributed by atoms with Gasteiger partial charge in [0.1, 0.15) is 17.4 Å². The summed E-state index contributed by atoms with van der Waals surface area (Å²) in [5, 5.41) is 11.9. The average molecular weight is 371 g/mol. The van der Waals surface area contributed by atoms with Crippen LogP contribution in [0.25, 0.3) is 6.08 Å². The minimum absolute atomic E-state index is 0.0323. The van der Waals surface area contributed by atoms with Crippen LogP contribution >= 0.6 is 15.9 Å². The van der Waals surface area contributed by atoms with Crippen LogP contribution in [0.2, 0.25) is 0 Å². The van der Waals surface area contributed by atoms with Gasteiger partial charge in [-0.25, -0.2) is 0 Å². The van der Waals surface area contributed by atoms with Crippen LogP contribution in [0.15, 0.2) is 58.6 Å². The Bertz CT molecular complexity index is 764. The Morgan fingerprint density at radius 1 is 1.30 bits per heavy atom. The first kappa shape index (κ1) is 16.8. The number of nitriles is 1. The van der Waals surface area contributed by atoms with Crippen molar-refractivity contribution in [2.75, 3.05) is 11.9 Å². The van der Waals surface area contributed by atoms with Gasteiger partial charge in [0.05, 0.1) is 11.1 Å². The second-order valence-electron chi connectivity index (χ2n) is 4.61. The van der Waals surface area contributed by atoms with Crippen LogP contribution in [-0.4, -0.2) is 12.5 Å². The molecule has 116 valence electrons. The Morgan fingerprint density at radius 2 is 2.04 bits per heavy atom. The van der Waals surface area contributed by atoms with Crippen molar-refractivity contribution < 1.29 is 9.53 Å². The van der Waals surface area contributed by atoms with E-state index in [-0.39, 0.29) is 5.57 Å². The number of rotatable bonds is 5. The van der Waals surface area contributed by atoms with Gasteiger partial charge in [-0.05, 0) is 58.8 Å². The zero-order chi connectivity index (χ0) is 16.7. The van der Waals surface area contributed by atoms with Crippen molar-refractivity contribution in [1.29, 1.82) is 5.26 Å². The molecule has 0 radical (unpaired) electrons. The Kier molecular flexibility index (Phi) is 5.95. The largest absolute Gasteiger partial charge is 0.493 e. The number of benzene rings is 2. The maximum absolute atomic E-state index is 12.2. The SMILES string of the molecule is CCOc1ccc(/C=C(/C#N)C(=O)Nc2ccccc2)cc1Br. The van der Waals surface area contributed by atoms with E-state index in [1.165, 1.54) is 0 Å². The third-order valence-corrected chi connectivity index (χ3v) is 3.58. The Morgan fingerprint density at radius 3 is 2.65 bits per heavy atom. The molecule has 0 saturated carbocycles. The van der Waals surface area contributed by atoms with Crippen molar-refractivity contribution in [3.8, 4) is 11.8 Å². The fourth-order valence-electron chi connectivity index (χ4n) is 1.91. The summed E-state index contributed by atoms with van der Waals surface area (Å²) in [5.74, 6) is 0.278. The van der Waals surface area contributed by atoms with Gasteiger partial charge >= 0.3 is 0 Å². The van der Waals surface area contributed by atoms with Crippen LogP contribution in [-0.2, 0) is 4.79 Å². The Labute approximate surface area is 143 Å². The van der Waals surface area contributed by atoms with E-state index in [1.54, 1.807) is 36.4 Å². The first-order chi connectivity index (χ1) is 11.1. The molecule has 2 aromatic rings. The van der Waals surface area contributed by atoms with Crippen LogP contribution in [0.5, 0.6) is 5.75 Å². The average Bonchev–Trinajstić information content (AvgIpc) is 2.56. The fourth-order valence-corrected chi connectivity index (χ4v) is 2.43. The van der Waals surface area contributed by atoms with E-state index in [9.17, 15) is 10.1 Å². The lowest BCUT2D eigenvalue weighted by molar-refractivity contribution is -0.112. The number of ether oxygens (including phenoxy) is 1. The van der Waals surface area contributed by atoms with Gasteiger partial charge in [-0.2, -0.15) is 5.26 Å². The molecule has 1 amide bonds. The van der Waals surface area contributed by atoms with E-state index < -0.39 is 5.91 Å². The molecular formula is C18H15BrN2O2. The predicted molar refractivity (Wildman–Crippen MR) is 94.0 cm³/mol. The van der Waals surface area contributed by atoms with Crippen LogP contribution < -0.4 is 10.1 Å². The molecule has 0 aliphatic heterocycles. The van der Waals surface area contributed by atoms with E-state index in [4.69, 9.17) is 4.74 Å². The minimum Gasteiger partial charge on any atom is -0.493 e. The highest BCUT2D eigenvalue weighted by atomic mass is 79.9. The molecule has 0 unspecified atom stereocenters. The maximum Gasteiger partial charge on any atom is 0.266 e. The van der Waals surface area contributed by atoms with Gasteiger partial charge in [0.2, 0.25) is 0 Å². The number of para-hydroxylation sites is 1. The lowest BCUT2D eigenvalue weighted by Crippen LogP contribution is -2.13. The first-order valence-electron chi connectivity index (χ1n) is 7.04. The molecule has 0 aliphatic carbocycles. The highest BCUT2D eigenvalue weighted by Gasteiger charge is 2.10. The quantitative estimate of drug-likeness (QED) is 0.626. The van der Waals surface area contributed by atoms with E-state index in [2.05, 4.69) is 21.2 Å². The summed E-state index contributed by atoms with van der Waals surface area (Å²) in [4.78, 5) is 12.2. The molecule has 0 spiro atoms. The number of hydrogen-bond donors (Lipinski definition) is 1. The second-order valence-corrected chi connectivity index (χ2v) is 5.47. The van der Waals surface area contributed by atoms with Gasteiger partial charge in [-0.15, -0.1) is 0 Å². The zero-order valence-electron chi connectivity index (χ0n) is 12.5. The molecule has 0 atom stereocenters. The summed E-state index contributed by atoms with van der Waals surface area (Å²) in [5.41, 5.74) is 1.41. The molecule has 0 saturated heterocycles. The van der Waals surface area contributed by atoms with Gasteiger partial charge < -0.3 is 10.1 Å². The molecule has 23 heavy (non-hydrogen) atoms. The van der Waals surface area contributed by atoms with Gasteiger partial charge in [-0.3, -0.25) is 4.79 Å². The van der Waals surface area contributed by atoms with Gasteiger partial charge in [0, 0.05) is 5.69 Å². The topological polar surface area (TPSA) is 62.1 Å². The highest BCUT2D eigenvalue weighted by molar-refractivity contribution is 9.10. The molecular weight excluding hydrogens is 356 g/mol. The lowest BCUT2D eigenvalue weighted by atomic mass is 10.1. The summed E-state index contributed by atoms with van der Waals surface area (Å²) >= 11 is 3.41. The summed E-state index contributed by atoms with van der Waals surface area (Å²) in [7, 11) is 0. The van der Waals surface area contributed by atoms with Crippen LogP contribution in [0, 0.1) is 11.3 Å². The number of nitrogens with zero attached hydrogens (tertiary/aromatic N) is 1. The van der Waals surface area contributed by atoms with Gasteiger partial charge in [-0.1, -0.05) is 24.3 Å². The molecule has 0 aliphatic rings. The van der Waals surface area contributed by atoms with E-state index in [0.29, 0.717) is 12.3 Å². The van der Waals surface area contributed by atoms with E-state index in [0.717, 1.165) is 15.8 Å². The molecule has 4 nitrogen and oxygen atoms in total. The zero-order valence-corrected chi connectivity index (χ0v) is 14.1. The molecule has 0 bridgehead atoms. The van der Waals surface area contributed by atoms with Crippen molar-refractivity contribution >= 4 is 33.6 Å². The lowest BCUT2D eigenvalue weighted by Gasteiger charge is -2.07. The molecule has 2 rings (SSSR count). The fraction of sp³-hybridized carbons (Fsp3) is 0.111. The minimum atomic E-state index is -0.441. The molecule has 0 heterocycles. The highest BCUT2D eigenvalue weighted by Crippen LogP contribution is 2.27. The van der Waals surface area contributed by atoms with Gasteiger partial charge in [0.15, 0.2) is 0 Å². The Balaban J connectivity index is 2.20. The van der Waals surface area contributed by atoms with Crippen LogP contribution in [0.1, 0.15) is 12.5 Å². The van der Waals surface area contributed by atoms with Crippen LogP contribution in [0.3, 0.4) is 0 Å². The van der Waals surface area contributed by atoms with Crippen molar-refractivity contribution in [3.63, 3.8) is 0 Å². The number of amides is 1. The third kappa shape index (κ3) is 4.70. The maximum atomic E-state index is 12.2. The number of anilines is 1. The number of carbonyl (C=O) groups is 1. The molecule has 0 aromatic heterocycles. The normalized spacial score (nSPS) is 10.7. The molecule has 0 fully saturated rings.